The molecule has 0 saturated heterocycles. The highest BCUT2D eigenvalue weighted by Crippen LogP contribution is 2.30. The molecule has 2 amide bonds. The molecule has 0 radical (unpaired) electrons. The van der Waals surface area contributed by atoms with Crippen molar-refractivity contribution in [1.82, 2.24) is 10.2 Å². The predicted molar refractivity (Wildman–Crippen MR) is 201 cm³/mol. The molecule has 0 aliphatic heterocycles. The largest absolute Gasteiger partial charge is 0.497 e. The van der Waals surface area contributed by atoms with Crippen molar-refractivity contribution in [2.75, 3.05) is 18.0 Å². The molecular formula is C38H40Cl2N4O7S. The number of ether oxygens (including phenoxy) is 1. The van der Waals surface area contributed by atoms with Crippen LogP contribution >= 0.6 is 23.2 Å². The van der Waals surface area contributed by atoms with Crippen LogP contribution in [0.5, 0.6) is 5.75 Å². The van der Waals surface area contributed by atoms with Gasteiger partial charge in [0.2, 0.25) is 11.8 Å². The quantitative estimate of drug-likeness (QED) is 0.104. The van der Waals surface area contributed by atoms with Gasteiger partial charge in [0.15, 0.2) is 0 Å². The summed E-state index contributed by atoms with van der Waals surface area (Å²) in [4.78, 5) is 41.2. The van der Waals surface area contributed by atoms with Gasteiger partial charge >= 0.3 is 0 Å². The molecule has 274 valence electrons. The third-order valence-corrected chi connectivity index (χ3v) is 11.7. The lowest BCUT2D eigenvalue weighted by Crippen LogP contribution is -2.55. The van der Waals surface area contributed by atoms with Gasteiger partial charge < -0.3 is 15.0 Å². The number of benzene rings is 4. The fraction of sp³-hybridized carbons (Fsp3) is 0.316. The molecule has 5 rings (SSSR count). The number of nitro benzene ring substituents is 1. The van der Waals surface area contributed by atoms with Crippen molar-refractivity contribution < 1.29 is 27.7 Å². The van der Waals surface area contributed by atoms with E-state index in [1.807, 2.05) is 30.3 Å². The number of amides is 2. The number of aryl methyl sites for hydroxylation is 1. The second-order valence-corrected chi connectivity index (χ2v) is 15.4. The maximum atomic E-state index is 14.8. The first-order valence-corrected chi connectivity index (χ1v) is 19.1. The fourth-order valence-electron chi connectivity index (χ4n) is 6.28. The number of halogens is 2. The van der Waals surface area contributed by atoms with Gasteiger partial charge in [-0.25, -0.2) is 8.42 Å². The van der Waals surface area contributed by atoms with Crippen molar-refractivity contribution in [3.63, 3.8) is 0 Å². The van der Waals surface area contributed by atoms with Gasteiger partial charge in [-0.05, 0) is 73.4 Å². The molecule has 1 fully saturated rings. The number of carbonyl (C=O) groups is 2. The molecule has 1 N–H and O–H groups in total. The van der Waals surface area contributed by atoms with E-state index in [0.717, 1.165) is 48.0 Å². The molecule has 4 aromatic rings. The Bertz CT molecular complexity index is 2010. The van der Waals surface area contributed by atoms with Crippen molar-refractivity contribution in [3.8, 4) is 5.75 Å². The SMILES string of the molecule is COc1ccc(N(CC(=O)N(Cc2ccc(Cl)c(Cl)c2)C(Cc2ccccc2)C(=O)NC2CCCCC2)S(=O)(=O)c2ccc(C)c([N+](=O)[O-])c2)cc1. The van der Waals surface area contributed by atoms with Gasteiger partial charge in [0.1, 0.15) is 18.3 Å². The summed E-state index contributed by atoms with van der Waals surface area (Å²) in [5.41, 5.74) is 1.37. The van der Waals surface area contributed by atoms with Crippen LogP contribution in [-0.2, 0) is 32.6 Å². The minimum absolute atomic E-state index is 0.0602. The highest BCUT2D eigenvalue weighted by molar-refractivity contribution is 7.92. The molecular weight excluding hydrogens is 727 g/mol. The Hall–Kier alpha value is -4.65. The summed E-state index contributed by atoms with van der Waals surface area (Å²) in [6.07, 6.45) is 4.82. The van der Waals surface area contributed by atoms with E-state index in [9.17, 15) is 28.1 Å². The number of nitrogens with zero attached hydrogens (tertiary/aromatic N) is 3. The van der Waals surface area contributed by atoms with Crippen molar-refractivity contribution in [2.24, 2.45) is 0 Å². The first-order chi connectivity index (χ1) is 24.9. The topological polar surface area (TPSA) is 139 Å². The van der Waals surface area contributed by atoms with Crippen molar-refractivity contribution >= 4 is 56.4 Å². The van der Waals surface area contributed by atoms with Gasteiger partial charge in [0, 0.05) is 30.6 Å². The van der Waals surface area contributed by atoms with E-state index in [-0.39, 0.29) is 51.8 Å². The Morgan fingerprint density at radius 3 is 2.25 bits per heavy atom. The second kappa shape index (κ2) is 17.2. The van der Waals surface area contributed by atoms with E-state index in [2.05, 4.69) is 5.32 Å². The molecule has 1 unspecified atom stereocenters. The summed E-state index contributed by atoms with van der Waals surface area (Å²) in [6.45, 7) is 0.670. The molecule has 1 saturated carbocycles. The van der Waals surface area contributed by atoms with Crippen LogP contribution in [0.25, 0.3) is 0 Å². The number of nitro groups is 1. The first-order valence-electron chi connectivity index (χ1n) is 16.9. The number of anilines is 1. The summed E-state index contributed by atoms with van der Waals surface area (Å²) >= 11 is 12.6. The maximum absolute atomic E-state index is 14.8. The monoisotopic (exact) mass is 766 g/mol. The van der Waals surface area contributed by atoms with Crippen LogP contribution < -0.4 is 14.4 Å². The molecule has 4 aromatic carbocycles. The van der Waals surface area contributed by atoms with Gasteiger partial charge in [-0.3, -0.25) is 24.0 Å². The Morgan fingerprint density at radius 1 is 0.923 bits per heavy atom. The number of rotatable bonds is 14. The maximum Gasteiger partial charge on any atom is 0.273 e. The normalized spacial score (nSPS) is 13.9. The molecule has 52 heavy (non-hydrogen) atoms. The van der Waals surface area contributed by atoms with Crippen LogP contribution in [-0.4, -0.2) is 55.8 Å². The fourth-order valence-corrected chi connectivity index (χ4v) is 8.04. The number of methoxy groups -OCH3 is 1. The molecule has 0 bridgehead atoms. The van der Waals surface area contributed by atoms with Gasteiger partial charge in [-0.15, -0.1) is 0 Å². The highest BCUT2D eigenvalue weighted by Gasteiger charge is 2.36. The van der Waals surface area contributed by atoms with Gasteiger partial charge in [0.05, 0.1) is 32.7 Å². The Labute approximate surface area is 313 Å². The Morgan fingerprint density at radius 2 is 1.62 bits per heavy atom. The summed E-state index contributed by atoms with van der Waals surface area (Å²) in [6, 6.07) is 22.7. The average molecular weight is 768 g/mol. The number of nitrogens with one attached hydrogen (secondary N) is 1. The van der Waals surface area contributed by atoms with Gasteiger partial charge in [-0.2, -0.15) is 0 Å². The molecule has 1 atom stereocenters. The summed E-state index contributed by atoms with van der Waals surface area (Å²) < 4.78 is 35.0. The smallest absolute Gasteiger partial charge is 0.273 e. The van der Waals surface area contributed by atoms with Crippen LogP contribution in [0.1, 0.15) is 48.8 Å². The van der Waals surface area contributed by atoms with Crippen molar-refractivity contribution in [3.05, 3.63) is 128 Å². The summed E-state index contributed by atoms with van der Waals surface area (Å²) in [5.74, 6) is -0.606. The molecule has 1 aliphatic rings. The van der Waals surface area contributed by atoms with E-state index in [0.29, 0.717) is 16.3 Å². The number of hydrogen-bond acceptors (Lipinski definition) is 7. The van der Waals surface area contributed by atoms with E-state index >= 15 is 0 Å². The summed E-state index contributed by atoms with van der Waals surface area (Å²) in [5, 5.41) is 15.5. The summed E-state index contributed by atoms with van der Waals surface area (Å²) in [7, 11) is -3.12. The lowest BCUT2D eigenvalue weighted by Gasteiger charge is -2.35. The minimum Gasteiger partial charge on any atom is -0.497 e. The third kappa shape index (κ3) is 9.41. The molecule has 14 heteroatoms. The lowest BCUT2D eigenvalue weighted by molar-refractivity contribution is -0.385. The van der Waals surface area contributed by atoms with Crippen molar-refractivity contribution in [2.45, 2.75) is 69.0 Å². The molecule has 0 heterocycles. The predicted octanol–water partition coefficient (Wildman–Crippen LogP) is 7.50. The van der Waals surface area contributed by atoms with E-state index < -0.39 is 33.4 Å². The van der Waals surface area contributed by atoms with Gasteiger partial charge in [0.25, 0.3) is 15.7 Å². The Balaban J connectivity index is 1.60. The van der Waals surface area contributed by atoms with Crippen LogP contribution in [0.3, 0.4) is 0 Å². The average Bonchev–Trinajstić information content (AvgIpc) is 3.14. The van der Waals surface area contributed by atoms with Crippen molar-refractivity contribution in [1.29, 1.82) is 0 Å². The molecule has 11 nitrogen and oxygen atoms in total. The highest BCUT2D eigenvalue weighted by atomic mass is 35.5. The molecule has 0 aromatic heterocycles. The zero-order chi connectivity index (χ0) is 37.4. The van der Waals surface area contributed by atoms with Crippen LogP contribution in [0.15, 0.2) is 95.9 Å². The lowest BCUT2D eigenvalue weighted by atomic mass is 9.94. The van der Waals surface area contributed by atoms with Crippen LogP contribution in [0.2, 0.25) is 10.0 Å². The zero-order valence-electron chi connectivity index (χ0n) is 28.8. The Kier molecular flexibility index (Phi) is 12.8. The van der Waals surface area contributed by atoms with Gasteiger partial charge in [-0.1, -0.05) is 84.9 Å². The van der Waals surface area contributed by atoms with Crippen LogP contribution in [0.4, 0.5) is 11.4 Å². The number of sulfonamides is 1. The molecule has 0 spiro atoms. The standard InChI is InChI=1S/C38H40Cl2N4O7S/c1-26-13-19-32(23-35(26)44(47)48)52(49,50)43(30-15-17-31(51-2)18-16-30)25-37(45)42(24-28-14-20-33(39)34(40)21-28)36(22-27-9-5-3-6-10-27)38(46)41-29-11-7-4-8-12-29/h3,5-6,9-10,13-21,23,29,36H,4,7-8,11-12,22,24-25H2,1-2H3,(H,41,46). The van der Waals surface area contributed by atoms with E-state index in [1.54, 1.807) is 30.3 Å². The first kappa shape index (κ1) is 38.6. The molecule has 1 aliphatic carbocycles. The zero-order valence-corrected chi connectivity index (χ0v) is 31.2. The number of hydrogen-bond donors (Lipinski definition) is 1. The minimum atomic E-state index is -4.59. The van der Waals surface area contributed by atoms with Crippen LogP contribution in [0, 0.1) is 17.0 Å². The van der Waals surface area contributed by atoms with E-state index in [1.165, 1.54) is 43.2 Å². The second-order valence-electron chi connectivity index (χ2n) is 12.7. The third-order valence-electron chi connectivity index (χ3n) is 9.16. The number of carbonyl (C=O) groups excluding carboxylic acids is 2. The van der Waals surface area contributed by atoms with E-state index in [4.69, 9.17) is 27.9 Å².